The number of nitrogens with one attached hydrogen (secondary N) is 1. The number of carbonyl (C=O) groups is 2. The van der Waals surface area contributed by atoms with Gasteiger partial charge in [0.2, 0.25) is 11.8 Å². The summed E-state index contributed by atoms with van der Waals surface area (Å²) in [5, 5.41) is 10.9. The second-order valence-electron chi connectivity index (χ2n) is 7.15. The summed E-state index contributed by atoms with van der Waals surface area (Å²) < 4.78 is 24.2. The Morgan fingerprint density at radius 3 is 2.66 bits per heavy atom. The zero-order valence-electron chi connectivity index (χ0n) is 17.3. The van der Waals surface area contributed by atoms with Crippen molar-refractivity contribution in [3.8, 4) is 5.75 Å². The molecular weight excluding hydrogens is 435 g/mol. The number of halogens is 1. The van der Waals surface area contributed by atoms with Crippen LogP contribution in [-0.2, 0) is 9.59 Å². The molecule has 2 heterocycles. The minimum absolute atomic E-state index is 0.0845. The van der Waals surface area contributed by atoms with Crippen molar-refractivity contribution in [3.05, 3.63) is 60.2 Å². The summed E-state index contributed by atoms with van der Waals surface area (Å²) in [5.74, 6) is 0.360. The van der Waals surface area contributed by atoms with Crippen molar-refractivity contribution in [1.82, 2.24) is 10.2 Å². The minimum Gasteiger partial charge on any atom is -0.481 e. The first-order valence-electron chi connectivity index (χ1n) is 10.1. The molecule has 2 amide bonds. The molecule has 0 radical (unpaired) electrons. The smallest absolute Gasteiger partial charge is 0.277 e. The summed E-state index contributed by atoms with van der Waals surface area (Å²) >= 11 is 1.11. The maximum atomic E-state index is 13.0. The Balaban J connectivity index is 1.26. The van der Waals surface area contributed by atoms with Gasteiger partial charge in [-0.1, -0.05) is 11.8 Å². The first-order valence-corrected chi connectivity index (χ1v) is 11.1. The molecular formula is C22H21FN4O4S. The van der Waals surface area contributed by atoms with Crippen LogP contribution in [0.4, 0.5) is 15.8 Å². The van der Waals surface area contributed by atoms with Gasteiger partial charge >= 0.3 is 0 Å². The first kappa shape index (κ1) is 21.8. The highest BCUT2D eigenvalue weighted by atomic mass is 32.2. The summed E-state index contributed by atoms with van der Waals surface area (Å²) in [4.78, 5) is 25.8. The number of aromatic nitrogens is 2. The fourth-order valence-electron chi connectivity index (χ4n) is 3.18. The topological polar surface area (TPSA) is 97.6 Å². The van der Waals surface area contributed by atoms with Crippen LogP contribution >= 0.6 is 11.8 Å². The summed E-state index contributed by atoms with van der Waals surface area (Å²) in [5.41, 5.74) is 1.47. The van der Waals surface area contributed by atoms with Crippen LogP contribution in [0.5, 0.6) is 5.75 Å². The Bertz CT molecular complexity index is 1090. The van der Waals surface area contributed by atoms with Crippen LogP contribution in [0.25, 0.3) is 0 Å². The molecule has 3 aromatic rings. The minimum atomic E-state index is -0.530. The van der Waals surface area contributed by atoms with E-state index in [1.165, 1.54) is 24.3 Å². The number of carbonyl (C=O) groups excluding carboxylic acids is 2. The monoisotopic (exact) mass is 456 g/mol. The molecule has 166 valence electrons. The van der Waals surface area contributed by atoms with Gasteiger partial charge in [-0.25, -0.2) is 4.39 Å². The predicted octanol–water partition coefficient (Wildman–Crippen LogP) is 4.21. The van der Waals surface area contributed by atoms with Gasteiger partial charge in [-0.2, -0.15) is 0 Å². The lowest BCUT2D eigenvalue weighted by molar-refractivity contribution is -0.117. The zero-order chi connectivity index (χ0) is 22.5. The van der Waals surface area contributed by atoms with E-state index in [-0.39, 0.29) is 34.5 Å². The van der Waals surface area contributed by atoms with Crippen LogP contribution in [0.15, 0.2) is 58.2 Å². The third-order valence-electron chi connectivity index (χ3n) is 4.76. The molecule has 8 nitrogen and oxygen atoms in total. The van der Waals surface area contributed by atoms with Gasteiger partial charge < -0.3 is 19.4 Å². The fraction of sp³-hybridized carbons (Fsp3) is 0.273. The van der Waals surface area contributed by atoms with Crippen LogP contribution in [0.3, 0.4) is 0 Å². The van der Waals surface area contributed by atoms with Crippen LogP contribution in [0, 0.1) is 5.82 Å². The largest absolute Gasteiger partial charge is 0.481 e. The zero-order valence-corrected chi connectivity index (χ0v) is 18.1. The summed E-state index contributed by atoms with van der Waals surface area (Å²) in [6, 6.07) is 12.8. The van der Waals surface area contributed by atoms with Gasteiger partial charge in [-0.15, -0.1) is 10.2 Å². The van der Waals surface area contributed by atoms with Crippen molar-refractivity contribution in [1.29, 1.82) is 0 Å². The Labute approximate surface area is 188 Å². The van der Waals surface area contributed by atoms with Crippen molar-refractivity contribution in [3.63, 3.8) is 0 Å². The van der Waals surface area contributed by atoms with Gasteiger partial charge in [0.05, 0.1) is 5.75 Å². The van der Waals surface area contributed by atoms with E-state index in [9.17, 15) is 14.0 Å². The SMILES string of the molecule is C[C@H](Oc1ccc(F)cc1)c1nnc(SCC(=O)Nc2ccc(N3CCCC3=O)cc2)o1. The van der Waals surface area contributed by atoms with Crippen LogP contribution < -0.4 is 15.0 Å². The van der Waals surface area contributed by atoms with Crippen molar-refractivity contribution >= 4 is 35.0 Å². The van der Waals surface area contributed by atoms with Crippen molar-refractivity contribution < 1.29 is 23.1 Å². The molecule has 0 bridgehead atoms. The molecule has 4 rings (SSSR count). The quantitative estimate of drug-likeness (QED) is 0.507. The number of anilines is 2. The first-order chi connectivity index (χ1) is 15.5. The lowest BCUT2D eigenvalue weighted by atomic mass is 10.2. The predicted molar refractivity (Wildman–Crippen MR) is 117 cm³/mol. The Hall–Kier alpha value is -3.40. The van der Waals surface area contributed by atoms with Gasteiger partial charge in [-0.3, -0.25) is 9.59 Å². The van der Waals surface area contributed by atoms with E-state index in [4.69, 9.17) is 9.15 Å². The number of hydrogen-bond donors (Lipinski definition) is 1. The molecule has 1 saturated heterocycles. The van der Waals surface area contributed by atoms with E-state index in [0.29, 0.717) is 17.9 Å². The maximum absolute atomic E-state index is 13.0. The molecule has 2 aromatic carbocycles. The van der Waals surface area contributed by atoms with E-state index in [1.807, 2.05) is 12.1 Å². The summed E-state index contributed by atoms with van der Waals surface area (Å²) in [7, 11) is 0. The van der Waals surface area contributed by atoms with E-state index in [2.05, 4.69) is 15.5 Å². The van der Waals surface area contributed by atoms with E-state index in [0.717, 1.165) is 30.4 Å². The van der Waals surface area contributed by atoms with Crippen molar-refractivity contribution in [2.24, 2.45) is 0 Å². The van der Waals surface area contributed by atoms with Gasteiger partial charge in [-0.05, 0) is 61.9 Å². The molecule has 0 spiro atoms. The normalized spacial score (nSPS) is 14.4. The molecule has 1 aromatic heterocycles. The number of ether oxygens (including phenoxy) is 1. The third-order valence-corrected chi connectivity index (χ3v) is 5.58. The van der Waals surface area contributed by atoms with Gasteiger partial charge in [0, 0.05) is 24.3 Å². The third kappa shape index (κ3) is 5.44. The lowest BCUT2D eigenvalue weighted by Crippen LogP contribution is -2.23. The molecule has 1 aliphatic rings. The molecule has 1 N–H and O–H groups in total. The maximum Gasteiger partial charge on any atom is 0.277 e. The second kappa shape index (κ2) is 9.82. The molecule has 0 saturated carbocycles. The average molecular weight is 456 g/mol. The molecule has 32 heavy (non-hydrogen) atoms. The number of hydrogen-bond acceptors (Lipinski definition) is 7. The van der Waals surface area contributed by atoms with Crippen LogP contribution in [0.2, 0.25) is 0 Å². The van der Waals surface area contributed by atoms with Crippen LogP contribution in [0.1, 0.15) is 31.8 Å². The molecule has 1 fully saturated rings. The molecule has 0 aliphatic carbocycles. The van der Waals surface area contributed by atoms with Crippen molar-refractivity contribution in [2.75, 3.05) is 22.5 Å². The average Bonchev–Trinajstić information content (AvgIpc) is 3.44. The van der Waals surface area contributed by atoms with Crippen LogP contribution in [-0.4, -0.2) is 34.3 Å². The summed E-state index contributed by atoms with van der Waals surface area (Å²) in [6.45, 7) is 2.46. The Kier molecular flexibility index (Phi) is 6.69. The highest BCUT2D eigenvalue weighted by molar-refractivity contribution is 7.99. The van der Waals surface area contributed by atoms with E-state index in [1.54, 1.807) is 24.0 Å². The highest BCUT2D eigenvalue weighted by Gasteiger charge is 2.21. The highest BCUT2D eigenvalue weighted by Crippen LogP contribution is 2.25. The van der Waals surface area contributed by atoms with Gasteiger partial charge in [0.1, 0.15) is 11.6 Å². The van der Waals surface area contributed by atoms with Crippen molar-refractivity contribution in [2.45, 2.75) is 31.1 Å². The molecule has 10 heteroatoms. The van der Waals surface area contributed by atoms with E-state index >= 15 is 0 Å². The number of nitrogens with zero attached hydrogens (tertiary/aromatic N) is 3. The van der Waals surface area contributed by atoms with E-state index < -0.39 is 6.10 Å². The summed E-state index contributed by atoms with van der Waals surface area (Å²) in [6.07, 6.45) is 0.907. The number of benzene rings is 2. The Morgan fingerprint density at radius 1 is 1.22 bits per heavy atom. The second-order valence-corrected chi connectivity index (χ2v) is 8.08. The standard InChI is InChI=1S/C22H21FN4O4S/c1-14(30-18-10-4-15(23)5-11-18)21-25-26-22(31-21)32-13-19(28)24-16-6-8-17(9-7-16)27-12-2-3-20(27)29/h4-11,14H,2-3,12-13H2,1H3,(H,24,28)/t14-/m0/s1. The Morgan fingerprint density at radius 2 is 1.97 bits per heavy atom. The number of rotatable bonds is 8. The molecule has 0 unspecified atom stereocenters. The molecule has 1 aliphatic heterocycles. The lowest BCUT2D eigenvalue weighted by Gasteiger charge is -2.16. The molecule has 1 atom stereocenters. The number of thioether (sulfide) groups is 1. The van der Waals surface area contributed by atoms with Gasteiger partial charge in [0.15, 0.2) is 6.10 Å². The van der Waals surface area contributed by atoms with Gasteiger partial charge in [0.25, 0.3) is 11.1 Å². The number of amides is 2. The fourth-order valence-corrected chi connectivity index (χ4v) is 3.75.